The van der Waals surface area contributed by atoms with E-state index in [0.29, 0.717) is 5.82 Å². The molecule has 0 fully saturated rings. The third kappa shape index (κ3) is 5.43. The molecule has 12 rings (SSSR count). The summed E-state index contributed by atoms with van der Waals surface area (Å²) in [5.41, 5.74) is 22.2. The molecule has 61 heavy (non-hydrogen) atoms. The monoisotopic (exact) mass is 782 g/mol. The van der Waals surface area contributed by atoms with Gasteiger partial charge < -0.3 is 4.42 Å². The lowest BCUT2D eigenvalue weighted by molar-refractivity contribution is 0.652. The molecule has 0 aliphatic heterocycles. The third-order valence-corrected chi connectivity index (χ3v) is 13.5. The zero-order chi connectivity index (χ0) is 41.0. The van der Waals surface area contributed by atoms with Crippen LogP contribution in [0.1, 0.15) is 49.9 Å². The number of para-hydroxylation sites is 1. The lowest BCUT2D eigenvalue weighted by Gasteiger charge is -2.24. The van der Waals surface area contributed by atoms with Gasteiger partial charge in [0.15, 0.2) is 5.82 Å². The lowest BCUT2D eigenvalue weighted by atomic mass is 9.79. The summed E-state index contributed by atoms with van der Waals surface area (Å²) in [6.07, 6.45) is 0. The van der Waals surface area contributed by atoms with Crippen molar-refractivity contribution in [2.45, 2.75) is 38.5 Å². The van der Waals surface area contributed by atoms with E-state index >= 15 is 0 Å². The molecule has 0 radical (unpaired) electrons. The first-order chi connectivity index (χ1) is 29.7. The molecule has 8 aromatic carbocycles. The molecule has 2 heterocycles. The molecule has 0 spiro atoms. The number of fused-ring (bicyclic) bond motifs is 9. The van der Waals surface area contributed by atoms with Gasteiger partial charge in [-0.2, -0.15) is 0 Å². The topological polar surface area (TPSA) is 38.9 Å². The first-order valence-corrected chi connectivity index (χ1v) is 21.2. The zero-order valence-corrected chi connectivity index (χ0v) is 34.6. The molecular formula is C58H42N2O. The number of hydrogen-bond donors (Lipinski definition) is 0. The number of benzene rings is 8. The van der Waals surface area contributed by atoms with Crippen LogP contribution in [-0.4, -0.2) is 9.97 Å². The highest BCUT2D eigenvalue weighted by Crippen LogP contribution is 2.57. The predicted octanol–water partition coefficient (Wildman–Crippen LogP) is 15.3. The van der Waals surface area contributed by atoms with Gasteiger partial charge in [-0.3, -0.25) is 0 Å². The van der Waals surface area contributed by atoms with Crippen LogP contribution in [0.25, 0.3) is 100 Å². The summed E-state index contributed by atoms with van der Waals surface area (Å²) in [7, 11) is 0. The van der Waals surface area contributed by atoms with Crippen LogP contribution in [0.2, 0.25) is 0 Å². The quantitative estimate of drug-likeness (QED) is 0.175. The van der Waals surface area contributed by atoms with Crippen LogP contribution in [0.15, 0.2) is 186 Å². The largest absolute Gasteiger partial charge is 0.456 e. The Bertz CT molecular complexity index is 3410. The normalized spacial score (nSPS) is 14.2. The summed E-state index contributed by atoms with van der Waals surface area (Å²) in [4.78, 5) is 10.3. The van der Waals surface area contributed by atoms with Gasteiger partial charge in [-0.1, -0.05) is 167 Å². The molecule has 0 atom stereocenters. The fourth-order valence-electron chi connectivity index (χ4n) is 10.3. The second-order valence-electron chi connectivity index (χ2n) is 17.8. The second kappa shape index (κ2) is 13.1. The fourth-order valence-corrected chi connectivity index (χ4v) is 10.3. The maximum atomic E-state index is 6.28. The zero-order valence-electron chi connectivity index (χ0n) is 34.6. The summed E-state index contributed by atoms with van der Waals surface area (Å²) < 4.78 is 6.28. The Balaban J connectivity index is 0.919. The van der Waals surface area contributed by atoms with Crippen LogP contribution < -0.4 is 0 Å². The van der Waals surface area contributed by atoms with Crippen LogP contribution in [-0.2, 0) is 10.8 Å². The van der Waals surface area contributed by atoms with Crippen molar-refractivity contribution in [3.8, 4) is 78.4 Å². The van der Waals surface area contributed by atoms with Crippen molar-refractivity contribution in [1.29, 1.82) is 0 Å². The highest BCUT2D eigenvalue weighted by Gasteiger charge is 2.42. The Morgan fingerprint density at radius 3 is 1.75 bits per heavy atom. The molecule has 3 nitrogen and oxygen atoms in total. The van der Waals surface area contributed by atoms with Crippen molar-refractivity contribution < 1.29 is 4.42 Å². The van der Waals surface area contributed by atoms with Crippen LogP contribution in [0.4, 0.5) is 0 Å². The van der Waals surface area contributed by atoms with Gasteiger partial charge in [-0.05, 0) is 109 Å². The molecule has 3 heteroatoms. The molecule has 290 valence electrons. The summed E-state index contributed by atoms with van der Waals surface area (Å²) in [5, 5.41) is 2.21. The van der Waals surface area contributed by atoms with Crippen molar-refractivity contribution in [3.05, 3.63) is 204 Å². The van der Waals surface area contributed by atoms with E-state index < -0.39 is 0 Å². The van der Waals surface area contributed by atoms with Gasteiger partial charge in [0, 0.05) is 38.3 Å². The lowest BCUT2D eigenvalue weighted by Crippen LogP contribution is -2.16. The minimum Gasteiger partial charge on any atom is -0.456 e. The molecule has 2 aliphatic rings. The molecule has 0 saturated carbocycles. The van der Waals surface area contributed by atoms with Gasteiger partial charge in [0.25, 0.3) is 0 Å². The van der Waals surface area contributed by atoms with E-state index in [1.165, 1.54) is 55.6 Å². The first kappa shape index (κ1) is 35.6. The van der Waals surface area contributed by atoms with E-state index in [0.717, 1.165) is 61.1 Å². The van der Waals surface area contributed by atoms with Crippen LogP contribution >= 0.6 is 0 Å². The summed E-state index contributed by atoms with van der Waals surface area (Å²) in [6.45, 7) is 9.52. The van der Waals surface area contributed by atoms with Crippen LogP contribution in [0.5, 0.6) is 0 Å². The Hall–Kier alpha value is -7.36. The summed E-state index contributed by atoms with van der Waals surface area (Å²) in [5.74, 6) is 0.686. The van der Waals surface area contributed by atoms with Gasteiger partial charge in [-0.25, -0.2) is 9.97 Å². The number of rotatable bonds is 5. The number of hydrogen-bond acceptors (Lipinski definition) is 3. The molecule has 2 aromatic heterocycles. The van der Waals surface area contributed by atoms with E-state index in [4.69, 9.17) is 14.4 Å². The van der Waals surface area contributed by atoms with Crippen molar-refractivity contribution in [2.24, 2.45) is 0 Å². The van der Waals surface area contributed by atoms with Crippen molar-refractivity contribution in [1.82, 2.24) is 9.97 Å². The second-order valence-corrected chi connectivity index (χ2v) is 17.8. The maximum Gasteiger partial charge on any atom is 0.160 e. The van der Waals surface area contributed by atoms with Crippen LogP contribution in [0.3, 0.4) is 0 Å². The molecule has 0 saturated heterocycles. The summed E-state index contributed by atoms with van der Waals surface area (Å²) >= 11 is 0. The minimum atomic E-state index is -0.112. The molecule has 0 unspecified atom stereocenters. The van der Waals surface area contributed by atoms with E-state index in [-0.39, 0.29) is 10.8 Å². The molecule has 0 N–H and O–H groups in total. The van der Waals surface area contributed by atoms with Crippen molar-refractivity contribution in [3.63, 3.8) is 0 Å². The van der Waals surface area contributed by atoms with E-state index in [1.54, 1.807) is 0 Å². The predicted molar refractivity (Wildman–Crippen MR) is 252 cm³/mol. The molecular weight excluding hydrogens is 741 g/mol. The standard InChI is InChI=1S/C58H42N2O/c1-57(2)47-21-10-8-18-42(47)45-32-50-46(33-49(45)57)55-41(20-13-22-48(55)58(50,3)4)36-26-24-35(25-27-36)38-16-12-17-39(30-38)51-34-52(60-56(59-51)37-14-6-5-7-15-37)40-28-29-44-43-19-9-11-23-53(43)61-54(44)31-40/h5-34H,1-4H3. The maximum absolute atomic E-state index is 6.28. The third-order valence-electron chi connectivity index (χ3n) is 13.5. The number of aromatic nitrogens is 2. The Labute approximate surface area is 356 Å². The van der Waals surface area contributed by atoms with Gasteiger partial charge in [0.05, 0.1) is 11.4 Å². The van der Waals surface area contributed by atoms with E-state index in [1.807, 2.05) is 30.3 Å². The van der Waals surface area contributed by atoms with Crippen molar-refractivity contribution in [2.75, 3.05) is 0 Å². The average molecular weight is 783 g/mol. The first-order valence-electron chi connectivity index (χ1n) is 21.2. The Morgan fingerprint density at radius 2 is 0.918 bits per heavy atom. The number of furan rings is 1. The van der Waals surface area contributed by atoms with Gasteiger partial charge >= 0.3 is 0 Å². The average Bonchev–Trinajstić information content (AvgIpc) is 3.87. The Morgan fingerprint density at radius 1 is 0.344 bits per heavy atom. The molecule has 2 aliphatic carbocycles. The Kier molecular flexibility index (Phi) is 7.62. The van der Waals surface area contributed by atoms with Gasteiger partial charge in [-0.15, -0.1) is 0 Å². The highest BCUT2D eigenvalue weighted by atomic mass is 16.3. The van der Waals surface area contributed by atoms with Crippen LogP contribution in [0, 0.1) is 0 Å². The molecule has 0 amide bonds. The molecule has 0 bridgehead atoms. The number of nitrogens with zero attached hydrogens (tertiary/aromatic N) is 2. The molecule has 10 aromatic rings. The SMILES string of the molecule is CC1(C)c2ccccc2-c2cc3c(cc21)-c1c(-c2ccc(-c4cccc(-c5cc(-c6ccc7c(c6)oc6ccccc67)nc(-c6ccccc6)n5)c4)cc2)cccc1C3(C)C. The van der Waals surface area contributed by atoms with E-state index in [9.17, 15) is 0 Å². The van der Waals surface area contributed by atoms with Crippen molar-refractivity contribution >= 4 is 21.9 Å². The highest BCUT2D eigenvalue weighted by molar-refractivity contribution is 6.06. The van der Waals surface area contributed by atoms with Gasteiger partial charge in [0.2, 0.25) is 0 Å². The minimum absolute atomic E-state index is 0.0563. The smallest absolute Gasteiger partial charge is 0.160 e. The summed E-state index contributed by atoms with van der Waals surface area (Å²) in [6, 6.07) is 65.5. The van der Waals surface area contributed by atoms with Gasteiger partial charge in [0.1, 0.15) is 11.2 Å². The fraction of sp³-hybridized carbons (Fsp3) is 0.103. The van der Waals surface area contributed by atoms with E-state index in [2.05, 4.69) is 179 Å².